The predicted octanol–water partition coefficient (Wildman–Crippen LogP) is 0.879. The molecular formula is C17H22N4O7. The van der Waals surface area contributed by atoms with E-state index in [0.29, 0.717) is 0 Å². The van der Waals surface area contributed by atoms with Crippen molar-refractivity contribution in [2.24, 2.45) is 0 Å². The van der Waals surface area contributed by atoms with Gasteiger partial charge in [-0.1, -0.05) is 6.07 Å². The fraction of sp³-hybridized carbons (Fsp3) is 0.412. The summed E-state index contributed by atoms with van der Waals surface area (Å²) in [6.45, 7) is 6.01. The second-order valence-electron chi connectivity index (χ2n) is 6.20. The molecule has 1 aromatic rings. The zero-order valence-electron chi connectivity index (χ0n) is 15.8. The van der Waals surface area contributed by atoms with Crippen LogP contribution < -0.4 is 16.0 Å². The molecule has 0 spiro atoms. The molecule has 1 unspecified atom stereocenters. The van der Waals surface area contributed by atoms with E-state index in [1.165, 1.54) is 32.0 Å². The first-order valence-corrected chi connectivity index (χ1v) is 8.38. The molecule has 0 aliphatic carbocycles. The van der Waals surface area contributed by atoms with Crippen molar-refractivity contribution in [1.82, 2.24) is 16.0 Å². The van der Waals surface area contributed by atoms with Gasteiger partial charge in [0, 0.05) is 23.7 Å². The largest absolute Gasteiger partial charge is 0.451 e. The molecule has 0 fully saturated rings. The van der Waals surface area contributed by atoms with Crippen molar-refractivity contribution in [2.45, 2.75) is 45.9 Å². The summed E-state index contributed by atoms with van der Waals surface area (Å²) in [5, 5.41) is 17.6. The van der Waals surface area contributed by atoms with Gasteiger partial charge in [0.15, 0.2) is 6.10 Å². The second kappa shape index (κ2) is 10.00. The Kier molecular flexibility index (Phi) is 8.05. The molecule has 3 N–H and O–H groups in total. The third-order valence-electron chi connectivity index (χ3n) is 3.34. The van der Waals surface area contributed by atoms with Gasteiger partial charge in [-0.15, -0.1) is 0 Å². The molecule has 4 amide bonds. The maximum Gasteiger partial charge on any atom is 0.329 e. The molecule has 2 atom stereocenters. The highest BCUT2D eigenvalue weighted by Crippen LogP contribution is 2.13. The zero-order valence-corrected chi connectivity index (χ0v) is 15.8. The van der Waals surface area contributed by atoms with E-state index in [4.69, 9.17) is 4.74 Å². The SMILES string of the molecule is CC(C)NC(=O)NC(=O)C(C)OC(=O)[C@H](C)NC(=O)c1cccc([N+](=O)[O-])c1. The minimum absolute atomic E-state index is 0.00926. The summed E-state index contributed by atoms with van der Waals surface area (Å²) < 4.78 is 4.92. The normalized spacial score (nSPS) is 12.5. The molecule has 1 rings (SSSR count). The number of hydrogen-bond acceptors (Lipinski definition) is 7. The van der Waals surface area contributed by atoms with Gasteiger partial charge in [0.05, 0.1) is 4.92 Å². The number of imide groups is 1. The number of esters is 1. The van der Waals surface area contributed by atoms with Gasteiger partial charge in [-0.3, -0.25) is 25.0 Å². The van der Waals surface area contributed by atoms with Crippen molar-refractivity contribution in [1.29, 1.82) is 0 Å². The van der Waals surface area contributed by atoms with E-state index in [0.717, 1.165) is 6.07 Å². The Morgan fingerprint density at radius 3 is 2.29 bits per heavy atom. The molecule has 0 radical (unpaired) electrons. The number of ether oxygens (including phenoxy) is 1. The van der Waals surface area contributed by atoms with Crippen molar-refractivity contribution in [3.63, 3.8) is 0 Å². The average molecular weight is 394 g/mol. The molecule has 0 bridgehead atoms. The number of carbonyl (C=O) groups is 4. The summed E-state index contributed by atoms with van der Waals surface area (Å²) in [4.78, 5) is 57.6. The third-order valence-corrected chi connectivity index (χ3v) is 3.34. The lowest BCUT2D eigenvalue weighted by molar-refractivity contribution is -0.384. The average Bonchev–Trinajstić information content (AvgIpc) is 2.60. The van der Waals surface area contributed by atoms with E-state index in [1.54, 1.807) is 13.8 Å². The van der Waals surface area contributed by atoms with Crippen LogP contribution in [0.5, 0.6) is 0 Å². The van der Waals surface area contributed by atoms with Gasteiger partial charge in [-0.25, -0.2) is 9.59 Å². The molecule has 152 valence electrons. The molecular weight excluding hydrogens is 372 g/mol. The summed E-state index contributed by atoms with van der Waals surface area (Å²) in [7, 11) is 0. The fourth-order valence-electron chi connectivity index (χ4n) is 1.94. The molecule has 11 heteroatoms. The zero-order chi connectivity index (χ0) is 21.4. The Balaban J connectivity index is 2.61. The number of non-ortho nitro benzene ring substituents is 1. The van der Waals surface area contributed by atoms with Gasteiger partial charge in [0.1, 0.15) is 6.04 Å². The lowest BCUT2D eigenvalue weighted by Crippen LogP contribution is -2.48. The van der Waals surface area contributed by atoms with Crippen molar-refractivity contribution >= 4 is 29.5 Å². The minimum atomic E-state index is -1.28. The minimum Gasteiger partial charge on any atom is -0.451 e. The van der Waals surface area contributed by atoms with E-state index in [2.05, 4.69) is 10.6 Å². The van der Waals surface area contributed by atoms with Gasteiger partial charge >= 0.3 is 12.0 Å². The summed E-state index contributed by atoms with van der Waals surface area (Å²) in [6.07, 6.45) is -1.28. The number of nitro groups is 1. The topological polar surface area (TPSA) is 157 Å². The molecule has 11 nitrogen and oxygen atoms in total. The number of hydrogen-bond donors (Lipinski definition) is 3. The van der Waals surface area contributed by atoms with Crippen LogP contribution in [0.4, 0.5) is 10.5 Å². The molecule has 0 aromatic heterocycles. The predicted molar refractivity (Wildman–Crippen MR) is 97.4 cm³/mol. The van der Waals surface area contributed by atoms with Crippen LogP contribution in [0.25, 0.3) is 0 Å². The Hall–Kier alpha value is -3.50. The summed E-state index contributed by atoms with van der Waals surface area (Å²) in [5.74, 6) is -2.46. The van der Waals surface area contributed by atoms with E-state index in [9.17, 15) is 29.3 Å². The van der Waals surface area contributed by atoms with Crippen LogP contribution in [0.15, 0.2) is 24.3 Å². The lowest BCUT2D eigenvalue weighted by Gasteiger charge is -2.17. The molecule has 28 heavy (non-hydrogen) atoms. The van der Waals surface area contributed by atoms with Crippen molar-refractivity contribution in [2.75, 3.05) is 0 Å². The molecule has 0 saturated carbocycles. The van der Waals surface area contributed by atoms with Crippen molar-refractivity contribution in [3.05, 3.63) is 39.9 Å². The van der Waals surface area contributed by atoms with Crippen LogP contribution in [-0.2, 0) is 14.3 Å². The highest BCUT2D eigenvalue weighted by molar-refractivity contribution is 5.99. The van der Waals surface area contributed by atoms with Crippen LogP contribution in [0.3, 0.4) is 0 Å². The number of nitro benzene ring substituents is 1. The van der Waals surface area contributed by atoms with E-state index in [-0.39, 0.29) is 17.3 Å². The first kappa shape index (κ1) is 22.5. The van der Waals surface area contributed by atoms with E-state index in [1.807, 2.05) is 5.32 Å². The first-order chi connectivity index (χ1) is 13.0. The maximum atomic E-state index is 12.1. The molecule has 0 aliphatic heterocycles. The lowest BCUT2D eigenvalue weighted by atomic mass is 10.2. The van der Waals surface area contributed by atoms with Gasteiger partial charge in [-0.05, 0) is 33.8 Å². The number of nitrogens with one attached hydrogen (secondary N) is 3. The molecule has 1 aromatic carbocycles. The van der Waals surface area contributed by atoms with Gasteiger partial charge in [0.2, 0.25) is 0 Å². The Bertz CT molecular complexity index is 779. The van der Waals surface area contributed by atoms with Crippen LogP contribution in [0.1, 0.15) is 38.1 Å². The third kappa shape index (κ3) is 7.02. The summed E-state index contributed by atoms with van der Waals surface area (Å²) in [6, 6.07) is 2.94. The molecule has 0 aliphatic rings. The van der Waals surface area contributed by atoms with Gasteiger partial charge < -0.3 is 15.4 Å². The van der Waals surface area contributed by atoms with Crippen molar-refractivity contribution in [3.8, 4) is 0 Å². The Labute approximate surface area is 161 Å². The Morgan fingerprint density at radius 2 is 1.71 bits per heavy atom. The molecule has 0 saturated heterocycles. The van der Waals surface area contributed by atoms with Gasteiger partial charge in [0.25, 0.3) is 17.5 Å². The monoisotopic (exact) mass is 394 g/mol. The molecule has 0 heterocycles. The quantitative estimate of drug-likeness (QED) is 0.352. The summed E-state index contributed by atoms with van der Waals surface area (Å²) in [5.41, 5.74) is -0.280. The number of rotatable bonds is 7. The summed E-state index contributed by atoms with van der Waals surface area (Å²) >= 11 is 0. The number of urea groups is 1. The number of carbonyl (C=O) groups excluding carboxylic acids is 4. The number of amides is 4. The second-order valence-corrected chi connectivity index (χ2v) is 6.20. The smallest absolute Gasteiger partial charge is 0.329 e. The first-order valence-electron chi connectivity index (χ1n) is 8.38. The number of nitrogens with zero attached hydrogens (tertiary/aromatic N) is 1. The highest BCUT2D eigenvalue weighted by atomic mass is 16.6. The van der Waals surface area contributed by atoms with Crippen LogP contribution in [0, 0.1) is 10.1 Å². The van der Waals surface area contributed by atoms with Crippen LogP contribution in [0.2, 0.25) is 0 Å². The fourth-order valence-corrected chi connectivity index (χ4v) is 1.94. The van der Waals surface area contributed by atoms with Crippen LogP contribution >= 0.6 is 0 Å². The maximum absolute atomic E-state index is 12.1. The van der Waals surface area contributed by atoms with Gasteiger partial charge in [-0.2, -0.15) is 0 Å². The highest BCUT2D eigenvalue weighted by Gasteiger charge is 2.25. The van der Waals surface area contributed by atoms with E-state index >= 15 is 0 Å². The van der Waals surface area contributed by atoms with Crippen molar-refractivity contribution < 1.29 is 28.8 Å². The standard InChI is InChI=1S/C17H22N4O7/c1-9(2)18-17(25)20-14(22)11(4)28-16(24)10(3)19-15(23)12-6-5-7-13(8-12)21(26)27/h5-11H,1-4H3,(H,19,23)(H2,18,20,22,25)/t10-,11?/m0/s1. The number of benzene rings is 1. The van der Waals surface area contributed by atoms with Crippen LogP contribution in [-0.4, -0.2) is 46.9 Å². The van der Waals surface area contributed by atoms with E-state index < -0.39 is 40.9 Å². The Morgan fingerprint density at radius 1 is 1.07 bits per heavy atom.